The van der Waals surface area contributed by atoms with Crippen LogP contribution in [-0.2, 0) is 32.1 Å². The van der Waals surface area contributed by atoms with Gasteiger partial charge in [0.2, 0.25) is 11.8 Å². The van der Waals surface area contributed by atoms with Gasteiger partial charge in [0, 0.05) is 6.54 Å². The van der Waals surface area contributed by atoms with Gasteiger partial charge >= 0.3 is 5.92 Å². The zero-order valence-corrected chi connectivity index (χ0v) is 21.6. The quantitative estimate of drug-likeness (QED) is 0.337. The molecule has 10 nitrogen and oxygen atoms in total. The highest BCUT2D eigenvalue weighted by Gasteiger charge is 2.50. The van der Waals surface area contributed by atoms with Gasteiger partial charge < -0.3 is 31.1 Å². The first-order valence-corrected chi connectivity index (χ1v) is 12.4. The summed E-state index contributed by atoms with van der Waals surface area (Å²) in [5.41, 5.74) is 1.03. The molecule has 2 bridgehead atoms. The van der Waals surface area contributed by atoms with Crippen LogP contribution in [0.3, 0.4) is 0 Å². The van der Waals surface area contributed by atoms with Crippen molar-refractivity contribution >= 4 is 23.6 Å². The maximum atomic E-state index is 15.2. The maximum absolute atomic E-state index is 15.2. The molecule has 2 aliphatic heterocycles. The zero-order valence-electron chi connectivity index (χ0n) is 21.6. The third-order valence-electron chi connectivity index (χ3n) is 6.14. The molecule has 2 aliphatic rings. The van der Waals surface area contributed by atoms with Gasteiger partial charge in [-0.1, -0.05) is 56.3 Å². The molecule has 0 spiro atoms. The molecular formula is C27H32F2N4O6. The molecule has 0 saturated heterocycles. The van der Waals surface area contributed by atoms with Gasteiger partial charge in [-0.3, -0.25) is 19.2 Å². The van der Waals surface area contributed by atoms with E-state index in [1.54, 1.807) is 44.2 Å². The SMILES string of the molecule is CC(C)[C@@H]1NC(=O)CNC(=O)COc2ccc(cc2)C[C@@H]([C@H](O)C(F)(F)C(=O)NCc2ccccc2)NC1=O. The predicted molar refractivity (Wildman–Crippen MR) is 137 cm³/mol. The molecular weight excluding hydrogens is 514 g/mol. The second-order valence-electron chi connectivity index (χ2n) is 9.55. The lowest BCUT2D eigenvalue weighted by atomic mass is 9.95. The number of ether oxygens (including phenoxy) is 1. The Bertz CT molecular complexity index is 1160. The summed E-state index contributed by atoms with van der Waals surface area (Å²) in [4.78, 5) is 49.9. The number of benzene rings is 2. The van der Waals surface area contributed by atoms with Gasteiger partial charge in [-0.25, -0.2) is 0 Å². The standard InChI is InChI=1S/C27H32F2N4O6/c1-16(2)23-25(37)32-20(24(36)27(28,29)26(38)31-13-18-6-4-3-5-7-18)12-17-8-10-19(11-9-17)39-15-22(35)30-14-21(34)33-23/h3-11,16,20,23-24,36H,12-15H2,1-2H3,(H,30,35)(H,31,38)(H,32,37)(H,33,34)/t20-,23-,24-/m0/s1. The molecule has 0 radical (unpaired) electrons. The molecule has 2 aromatic rings. The largest absolute Gasteiger partial charge is 0.484 e. The summed E-state index contributed by atoms with van der Waals surface area (Å²) >= 11 is 0. The van der Waals surface area contributed by atoms with Crippen molar-refractivity contribution in [3.8, 4) is 5.75 Å². The van der Waals surface area contributed by atoms with Crippen LogP contribution in [0.5, 0.6) is 5.75 Å². The highest BCUT2D eigenvalue weighted by atomic mass is 19.3. The number of nitrogens with one attached hydrogen (secondary N) is 4. The van der Waals surface area contributed by atoms with Crippen LogP contribution < -0.4 is 26.0 Å². The summed E-state index contributed by atoms with van der Waals surface area (Å²) in [6.07, 6.45) is -2.87. The zero-order chi connectivity index (χ0) is 28.6. The van der Waals surface area contributed by atoms with Gasteiger partial charge in [0.1, 0.15) is 17.9 Å². The van der Waals surface area contributed by atoms with E-state index in [1.807, 2.05) is 0 Å². The van der Waals surface area contributed by atoms with Gasteiger partial charge in [-0.15, -0.1) is 0 Å². The van der Waals surface area contributed by atoms with E-state index >= 15 is 8.78 Å². The number of alkyl halides is 2. The predicted octanol–water partition coefficient (Wildman–Crippen LogP) is 0.676. The average molecular weight is 547 g/mol. The van der Waals surface area contributed by atoms with E-state index in [0.717, 1.165) is 0 Å². The Hall–Kier alpha value is -4.06. The van der Waals surface area contributed by atoms with Gasteiger partial charge in [-0.2, -0.15) is 8.78 Å². The summed E-state index contributed by atoms with van der Waals surface area (Å²) < 4.78 is 35.8. The molecule has 3 atom stereocenters. The van der Waals surface area contributed by atoms with E-state index in [2.05, 4.69) is 21.3 Å². The molecule has 0 unspecified atom stereocenters. The van der Waals surface area contributed by atoms with E-state index in [4.69, 9.17) is 4.74 Å². The Labute approximate surface area is 224 Å². The highest BCUT2D eigenvalue weighted by Crippen LogP contribution is 2.25. The number of aliphatic hydroxyl groups is 1. The van der Waals surface area contributed by atoms with Gasteiger partial charge in [0.25, 0.3) is 11.8 Å². The topological polar surface area (TPSA) is 146 Å². The number of amides is 4. The molecule has 5 N–H and O–H groups in total. The Kier molecular flexibility index (Phi) is 9.94. The summed E-state index contributed by atoms with van der Waals surface area (Å²) in [6, 6.07) is 11.7. The number of rotatable bonds is 6. The van der Waals surface area contributed by atoms with Crippen molar-refractivity contribution in [3.05, 3.63) is 65.7 Å². The number of hydrogen-bond donors (Lipinski definition) is 5. The minimum Gasteiger partial charge on any atom is -0.484 e. The summed E-state index contributed by atoms with van der Waals surface area (Å²) in [7, 11) is 0. The smallest absolute Gasteiger partial charge is 0.351 e. The molecule has 0 aliphatic carbocycles. The molecule has 0 fully saturated rings. The minimum atomic E-state index is -4.27. The van der Waals surface area contributed by atoms with Crippen molar-refractivity contribution in [1.82, 2.24) is 21.3 Å². The third kappa shape index (κ3) is 8.21. The van der Waals surface area contributed by atoms with E-state index in [0.29, 0.717) is 16.9 Å². The number of hydrogen-bond acceptors (Lipinski definition) is 6. The molecule has 4 rings (SSSR count). The summed E-state index contributed by atoms with van der Waals surface area (Å²) in [6.45, 7) is 2.27. The van der Waals surface area contributed by atoms with Crippen molar-refractivity contribution in [2.24, 2.45) is 5.92 Å². The Balaban J connectivity index is 1.87. The van der Waals surface area contributed by atoms with E-state index in [1.165, 1.54) is 24.3 Å². The van der Waals surface area contributed by atoms with Crippen molar-refractivity contribution in [3.63, 3.8) is 0 Å². The number of aliphatic hydroxyl groups excluding tert-OH is 1. The van der Waals surface area contributed by atoms with Gasteiger partial charge in [0.05, 0.1) is 12.6 Å². The van der Waals surface area contributed by atoms with Crippen molar-refractivity contribution in [2.45, 2.75) is 50.9 Å². The second-order valence-corrected chi connectivity index (χ2v) is 9.55. The first-order chi connectivity index (χ1) is 18.5. The monoisotopic (exact) mass is 546 g/mol. The maximum Gasteiger partial charge on any atom is 0.351 e. The molecule has 2 heterocycles. The second kappa shape index (κ2) is 13.1. The summed E-state index contributed by atoms with van der Waals surface area (Å²) in [5.74, 6) is -8.21. The number of carbonyl (C=O) groups excluding carboxylic acids is 4. The Morgan fingerprint density at radius 3 is 2.36 bits per heavy atom. The molecule has 12 heteroatoms. The number of carbonyl (C=O) groups is 4. The Morgan fingerprint density at radius 2 is 1.72 bits per heavy atom. The normalized spacial score (nSPS) is 19.9. The van der Waals surface area contributed by atoms with E-state index in [9.17, 15) is 24.3 Å². The van der Waals surface area contributed by atoms with Crippen LogP contribution in [0.25, 0.3) is 0 Å². The molecule has 210 valence electrons. The molecule has 2 aromatic carbocycles. The first kappa shape index (κ1) is 29.5. The minimum absolute atomic E-state index is 0.182. The highest BCUT2D eigenvalue weighted by molar-refractivity contribution is 5.91. The van der Waals surface area contributed by atoms with Crippen molar-refractivity contribution < 1.29 is 37.8 Å². The van der Waals surface area contributed by atoms with E-state index < -0.39 is 60.2 Å². The summed E-state index contributed by atoms with van der Waals surface area (Å²) in [5, 5.41) is 20.1. The fraction of sp³-hybridized carbons (Fsp3) is 0.407. The molecule has 39 heavy (non-hydrogen) atoms. The molecule has 4 amide bonds. The van der Waals surface area contributed by atoms with E-state index in [-0.39, 0.29) is 19.6 Å². The van der Waals surface area contributed by atoms with Crippen LogP contribution in [-0.4, -0.2) is 66.0 Å². The fourth-order valence-corrected chi connectivity index (χ4v) is 3.91. The van der Waals surface area contributed by atoms with Crippen LogP contribution in [0.15, 0.2) is 54.6 Å². The lowest BCUT2D eigenvalue weighted by Gasteiger charge is -2.32. The fourth-order valence-electron chi connectivity index (χ4n) is 3.91. The van der Waals surface area contributed by atoms with Crippen molar-refractivity contribution in [2.75, 3.05) is 13.2 Å². The number of halogens is 2. The third-order valence-corrected chi connectivity index (χ3v) is 6.14. The van der Waals surface area contributed by atoms with Gasteiger partial charge in [0.15, 0.2) is 6.61 Å². The van der Waals surface area contributed by atoms with Crippen LogP contribution >= 0.6 is 0 Å². The number of fused-ring (bicyclic) bond motifs is 13. The lowest BCUT2D eigenvalue weighted by molar-refractivity contribution is -0.168. The molecule has 0 aromatic heterocycles. The van der Waals surface area contributed by atoms with Crippen LogP contribution in [0, 0.1) is 5.92 Å². The van der Waals surface area contributed by atoms with Crippen LogP contribution in [0.1, 0.15) is 25.0 Å². The van der Waals surface area contributed by atoms with Gasteiger partial charge in [-0.05, 0) is 35.6 Å². The lowest BCUT2D eigenvalue weighted by Crippen LogP contribution is -2.61. The first-order valence-electron chi connectivity index (χ1n) is 12.4. The van der Waals surface area contributed by atoms with Crippen LogP contribution in [0.4, 0.5) is 8.78 Å². The van der Waals surface area contributed by atoms with Crippen molar-refractivity contribution in [1.29, 1.82) is 0 Å². The average Bonchev–Trinajstić information content (AvgIpc) is 2.92. The Morgan fingerprint density at radius 1 is 1.05 bits per heavy atom. The van der Waals surface area contributed by atoms with Crippen LogP contribution in [0.2, 0.25) is 0 Å². The molecule has 0 saturated carbocycles.